The van der Waals surface area contributed by atoms with E-state index in [0.29, 0.717) is 17.9 Å². The molecule has 2 aromatic rings. The molecule has 150 valence electrons. The van der Waals surface area contributed by atoms with Gasteiger partial charge < -0.3 is 19.5 Å². The molecule has 0 spiro atoms. The van der Waals surface area contributed by atoms with Crippen LogP contribution in [0.15, 0.2) is 36.4 Å². The molecule has 8 heteroatoms. The summed E-state index contributed by atoms with van der Waals surface area (Å²) in [7, 11) is 3.00. The summed E-state index contributed by atoms with van der Waals surface area (Å²) < 4.78 is 42.7. The lowest BCUT2D eigenvalue weighted by atomic mass is 10.1. The molecule has 6 nitrogen and oxygen atoms in total. The van der Waals surface area contributed by atoms with E-state index in [9.17, 15) is 18.4 Å². The van der Waals surface area contributed by atoms with Crippen molar-refractivity contribution in [2.24, 2.45) is 0 Å². The summed E-state index contributed by atoms with van der Waals surface area (Å²) in [6.45, 7) is 1.32. The molecule has 0 saturated carbocycles. The maximum atomic E-state index is 13.6. The number of benzene rings is 2. The first-order valence-electron chi connectivity index (χ1n) is 8.51. The largest absolute Gasteiger partial charge is 0.493 e. The van der Waals surface area contributed by atoms with E-state index in [0.717, 1.165) is 17.7 Å². The number of hydrogen-bond donors (Lipinski definition) is 1. The highest BCUT2D eigenvalue weighted by Gasteiger charge is 2.21. The standard InChI is InChI=1S/C20H21F2NO5/c1-12(20(25)23-18-14(21)7-5-8-15(18)22)28-17(24)11-10-13-6-4-9-16(26-2)19(13)27-3/h4-9,12H,10-11H2,1-3H3,(H,23,25)/t12-/m0/s1. The van der Waals surface area contributed by atoms with Crippen LogP contribution < -0.4 is 14.8 Å². The van der Waals surface area contributed by atoms with Crippen molar-refractivity contribution in [2.45, 2.75) is 25.9 Å². The van der Waals surface area contributed by atoms with Crippen molar-refractivity contribution >= 4 is 17.6 Å². The van der Waals surface area contributed by atoms with Crippen LogP contribution in [0.4, 0.5) is 14.5 Å². The number of methoxy groups -OCH3 is 2. The van der Waals surface area contributed by atoms with Gasteiger partial charge in [0.2, 0.25) is 0 Å². The van der Waals surface area contributed by atoms with E-state index in [-0.39, 0.29) is 6.42 Å². The number of carbonyl (C=O) groups is 2. The smallest absolute Gasteiger partial charge is 0.306 e. The minimum Gasteiger partial charge on any atom is -0.493 e. The summed E-state index contributed by atoms with van der Waals surface area (Å²) in [6.07, 6.45) is -0.941. The number of anilines is 1. The lowest BCUT2D eigenvalue weighted by Crippen LogP contribution is -2.30. The van der Waals surface area contributed by atoms with Crippen LogP contribution >= 0.6 is 0 Å². The lowest BCUT2D eigenvalue weighted by Gasteiger charge is -2.15. The third kappa shape index (κ3) is 5.18. The van der Waals surface area contributed by atoms with Crippen LogP contribution in [0.2, 0.25) is 0 Å². The molecule has 0 saturated heterocycles. The fraction of sp³-hybridized carbons (Fsp3) is 0.300. The molecular formula is C20H21F2NO5. The minimum absolute atomic E-state index is 0.0186. The normalized spacial score (nSPS) is 11.5. The number of amides is 1. The molecule has 0 aliphatic rings. The number of ether oxygens (including phenoxy) is 3. The highest BCUT2D eigenvalue weighted by molar-refractivity contribution is 5.95. The fourth-order valence-electron chi connectivity index (χ4n) is 2.54. The van der Waals surface area contributed by atoms with Gasteiger partial charge in [0.15, 0.2) is 17.6 Å². The summed E-state index contributed by atoms with van der Waals surface area (Å²) >= 11 is 0. The second-order valence-corrected chi connectivity index (χ2v) is 5.87. The summed E-state index contributed by atoms with van der Waals surface area (Å²) in [5, 5.41) is 2.09. The quantitative estimate of drug-likeness (QED) is 0.695. The van der Waals surface area contributed by atoms with Crippen molar-refractivity contribution in [1.82, 2.24) is 0 Å². The van der Waals surface area contributed by atoms with Crippen LogP contribution in [-0.2, 0) is 20.7 Å². The van der Waals surface area contributed by atoms with Crippen LogP contribution in [0.5, 0.6) is 11.5 Å². The van der Waals surface area contributed by atoms with Crippen molar-refractivity contribution in [2.75, 3.05) is 19.5 Å². The van der Waals surface area contributed by atoms with Gasteiger partial charge >= 0.3 is 5.97 Å². The van der Waals surface area contributed by atoms with Crippen LogP contribution in [0.3, 0.4) is 0 Å². The summed E-state index contributed by atoms with van der Waals surface area (Å²) in [6, 6.07) is 8.48. The average molecular weight is 393 g/mol. The Balaban J connectivity index is 1.93. The second kappa shape index (κ2) is 9.68. The van der Waals surface area contributed by atoms with E-state index in [2.05, 4.69) is 5.32 Å². The van der Waals surface area contributed by atoms with E-state index >= 15 is 0 Å². The zero-order valence-electron chi connectivity index (χ0n) is 15.8. The number of rotatable bonds is 8. The molecule has 1 N–H and O–H groups in total. The molecular weight excluding hydrogens is 372 g/mol. The molecule has 1 amide bonds. The van der Waals surface area contributed by atoms with Crippen LogP contribution in [0.25, 0.3) is 0 Å². The molecule has 0 aliphatic heterocycles. The number of nitrogens with one attached hydrogen (secondary N) is 1. The monoisotopic (exact) mass is 393 g/mol. The Morgan fingerprint density at radius 2 is 1.68 bits per heavy atom. The second-order valence-electron chi connectivity index (χ2n) is 5.87. The van der Waals surface area contributed by atoms with E-state index < -0.39 is 35.3 Å². The van der Waals surface area contributed by atoms with Gasteiger partial charge in [-0.1, -0.05) is 18.2 Å². The number of aryl methyl sites for hydroxylation is 1. The van der Waals surface area contributed by atoms with E-state index in [4.69, 9.17) is 14.2 Å². The molecule has 2 aromatic carbocycles. The van der Waals surface area contributed by atoms with Gasteiger partial charge in [-0.25, -0.2) is 8.78 Å². The fourth-order valence-corrected chi connectivity index (χ4v) is 2.54. The van der Waals surface area contributed by atoms with Gasteiger partial charge in [0.1, 0.15) is 17.3 Å². The summed E-state index contributed by atoms with van der Waals surface area (Å²) in [5.74, 6) is -2.27. The van der Waals surface area contributed by atoms with E-state index in [1.165, 1.54) is 27.2 Å². The van der Waals surface area contributed by atoms with E-state index in [1.54, 1.807) is 18.2 Å². The zero-order valence-corrected chi connectivity index (χ0v) is 15.8. The van der Waals surface area contributed by atoms with Gasteiger partial charge in [-0.15, -0.1) is 0 Å². The van der Waals surface area contributed by atoms with Gasteiger partial charge in [0.25, 0.3) is 5.91 Å². The molecule has 0 heterocycles. The first-order valence-corrected chi connectivity index (χ1v) is 8.51. The summed E-state index contributed by atoms with van der Waals surface area (Å²) in [5.41, 5.74) is 0.154. The third-order valence-corrected chi connectivity index (χ3v) is 3.97. The topological polar surface area (TPSA) is 73.9 Å². The SMILES string of the molecule is COc1cccc(CCC(=O)O[C@@H](C)C(=O)Nc2c(F)cccc2F)c1OC. The van der Waals surface area contributed by atoms with Gasteiger partial charge in [0.05, 0.1) is 14.2 Å². The van der Waals surface area contributed by atoms with Gasteiger partial charge in [-0.3, -0.25) is 9.59 Å². The van der Waals surface area contributed by atoms with Crippen molar-refractivity contribution < 1.29 is 32.6 Å². The highest BCUT2D eigenvalue weighted by Crippen LogP contribution is 2.31. The molecule has 28 heavy (non-hydrogen) atoms. The maximum absolute atomic E-state index is 13.6. The van der Waals surface area contributed by atoms with Crippen LogP contribution in [0.1, 0.15) is 18.9 Å². The molecule has 0 fully saturated rings. The van der Waals surface area contributed by atoms with Crippen LogP contribution in [0, 0.1) is 11.6 Å². The predicted molar refractivity (Wildman–Crippen MR) is 98.4 cm³/mol. The lowest BCUT2D eigenvalue weighted by molar-refractivity contribution is -0.153. The van der Waals surface area contributed by atoms with Gasteiger partial charge in [-0.05, 0) is 37.1 Å². The molecule has 1 atom stereocenters. The minimum atomic E-state index is -1.22. The Labute approximate surface area is 161 Å². The predicted octanol–water partition coefficient (Wildman–Crippen LogP) is 3.49. The number of esters is 1. The molecule has 2 rings (SSSR count). The molecule has 0 radical (unpaired) electrons. The highest BCUT2D eigenvalue weighted by atomic mass is 19.1. The number of para-hydroxylation sites is 2. The van der Waals surface area contributed by atoms with Crippen molar-refractivity contribution in [1.29, 1.82) is 0 Å². The molecule has 0 aliphatic carbocycles. The number of halogens is 2. The number of carbonyl (C=O) groups excluding carboxylic acids is 2. The first kappa shape index (κ1) is 21.1. The first-order chi connectivity index (χ1) is 13.4. The average Bonchev–Trinajstić information content (AvgIpc) is 2.68. The van der Waals surface area contributed by atoms with Crippen molar-refractivity contribution in [3.63, 3.8) is 0 Å². The van der Waals surface area contributed by atoms with Crippen LogP contribution in [-0.4, -0.2) is 32.2 Å². The Morgan fingerprint density at radius 3 is 2.29 bits per heavy atom. The third-order valence-electron chi connectivity index (χ3n) is 3.97. The molecule has 0 unspecified atom stereocenters. The van der Waals surface area contributed by atoms with Gasteiger partial charge in [-0.2, -0.15) is 0 Å². The van der Waals surface area contributed by atoms with Crippen molar-refractivity contribution in [3.05, 3.63) is 53.6 Å². The van der Waals surface area contributed by atoms with E-state index in [1.807, 2.05) is 0 Å². The Morgan fingerprint density at radius 1 is 1.04 bits per heavy atom. The maximum Gasteiger partial charge on any atom is 0.306 e. The zero-order chi connectivity index (χ0) is 20.7. The summed E-state index contributed by atoms with van der Waals surface area (Å²) in [4.78, 5) is 24.1. The van der Waals surface area contributed by atoms with Gasteiger partial charge in [0, 0.05) is 6.42 Å². The molecule has 0 bridgehead atoms. The van der Waals surface area contributed by atoms with Crippen molar-refractivity contribution in [3.8, 4) is 11.5 Å². The Kier molecular flexibility index (Phi) is 7.31. The number of hydrogen-bond acceptors (Lipinski definition) is 5. The Bertz CT molecular complexity index is 836. The molecule has 0 aromatic heterocycles. The Hall–Kier alpha value is -3.16.